The second-order valence-corrected chi connectivity index (χ2v) is 8.92. The van der Waals surface area contributed by atoms with Crippen LogP contribution in [-0.2, 0) is 19.4 Å². The Labute approximate surface area is 159 Å². The topological polar surface area (TPSA) is 96.0 Å². The first-order valence-corrected chi connectivity index (χ1v) is 10.9. The lowest BCUT2D eigenvalue weighted by Crippen LogP contribution is -2.52. The molecule has 0 aromatic heterocycles. The maximum Gasteiger partial charge on any atom is 0.254 e. The van der Waals surface area contributed by atoms with Crippen molar-refractivity contribution in [2.24, 2.45) is 0 Å². The van der Waals surface area contributed by atoms with Crippen molar-refractivity contribution in [1.82, 2.24) is 15.1 Å². The fourth-order valence-electron chi connectivity index (χ4n) is 3.29. The van der Waals surface area contributed by atoms with Crippen LogP contribution in [-0.4, -0.2) is 88.3 Å². The Morgan fingerprint density at radius 3 is 2.52 bits per heavy atom. The van der Waals surface area contributed by atoms with Crippen molar-refractivity contribution in [3.05, 3.63) is 29.8 Å². The molecule has 1 aromatic rings. The molecule has 1 atom stereocenters. The van der Waals surface area contributed by atoms with E-state index < -0.39 is 9.84 Å². The van der Waals surface area contributed by atoms with E-state index in [1.54, 1.807) is 21.9 Å². The zero-order valence-corrected chi connectivity index (χ0v) is 16.2. The Morgan fingerprint density at radius 2 is 1.89 bits per heavy atom. The van der Waals surface area contributed by atoms with Crippen molar-refractivity contribution in [1.29, 1.82) is 0 Å². The van der Waals surface area contributed by atoms with Gasteiger partial charge in [0, 0.05) is 57.0 Å². The highest BCUT2D eigenvalue weighted by atomic mass is 32.2. The SMILES string of the molecule is CS(=O)(=O)c1cccc(C(=O)N2CCN(C(=O)CC3COCCN3)CC2)c1. The van der Waals surface area contributed by atoms with Crippen molar-refractivity contribution in [2.45, 2.75) is 17.4 Å². The number of sulfone groups is 1. The summed E-state index contributed by atoms with van der Waals surface area (Å²) < 4.78 is 28.7. The molecule has 2 saturated heterocycles. The van der Waals surface area contributed by atoms with Gasteiger partial charge in [0.25, 0.3) is 5.91 Å². The molecule has 9 heteroatoms. The van der Waals surface area contributed by atoms with Crippen LogP contribution >= 0.6 is 0 Å². The summed E-state index contributed by atoms with van der Waals surface area (Å²) in [6, 6.07) is 6.12. The average molecular weight is 395 g/mol. The molecule has 0 aliphatic carbocycles. The lowest BCUT2D eigenvalue weighted by molar-refractivity contribution is -0.133. The molecular weight excluding hydrogens is 370 g/mol. The number of carbonyl (C=O) groups excluding carboxylic acids is 2. The maximum atomic E-state index is 12.7. The van der Waals surface area contributed by atoms with Crippen molar-refractivity contribution >= 4 is 21.7 Å². The van der Waals surface area contributed by atoms with E-state index in [0.717, 1.165) is 12.8 Å². The van der Waals surface area contributed by atoms with Crippen LogP contribution in [0.25, 0.3) is 0 Å². The number of ether oxygens (including phenoxy) is 1. The number of amides is 2. The molecule has 2 aliphatic rings. The minimum absolute atomic E-state index is 0.0460. The van der Waals surface area contributed by atoms with Crippen molar-refractivity contribution in [2.75, 3.05) is 52.2 Å². The smallest absolute Gasteiger partial charge is 0.254 e. The summed E-state index contributed by atoms with van der Waals surface area (Å²) in [4.78, 5) is 28.7. The van der Waals surface area contributed by atoms with Crippen LogP contribution in [0.2, 0.25) is 0 Å². The van der Waals surface area contributed by atoms with Crippen LogP contribution in [0.1, 0.15) is 16.8 Å². The summed E-state index contributed by atoms with van der Waals surface area (Å²) in [5.41, 5.74) is 0.348. The van der Waals surface area contributed by atoms with E-state index in [4.69, 9.17) is 4.74 Å². The van der Waals surface area contributed by atoms with Gasteiger partial charge in [-0.1, -0.05) is 6.07 Å². The van der Waals surface area contributed by atoms with E-state index in [1.807, 2.05) is 0 Å². The molecule has 3 rings (SSSR count). The monoisotopic (exact) mass is 395 g/mol. The van der Waals surface area contributed by atoms with E-state index in [2.05, 4.69) is 5.32 Å². The summed E-state index contributed by atoms with van der Waals surface area (Å²) >= 11 is 0. The Morgan fingerprint density at radius 1 is 1.19 bits per heavy atom. The van der Waals surface area contributed by atoms with Gasteiger partial charge in [0.05, 0.1) is 18.1 Å². The second-order valence-electron chi connectivity index (χ2n) is 6.90. The number of carbonyl (C=O) groups is 2. The normalized spacial score (nSPS) is 21.1. The molecule has 0 spiro atoms. The van der Waals surface area contributed by atoms with Gasteiger partial charge in [-0.3, -0.25) is 9.59 Å². The van der Waals surface area contributed by atoms with E-state index in [9.17, 15) is 18.0 Å². The number of benzene rings is 1. The highest BCUT2D eigenvalue weighted by molar-refractivity contribution is 7.90. The fraction of sp³-hybridized carbons (Fsp3) is 0.556. The first-order chi connectivity index (χ1) is 12.8. The standard InChI is InChI=1S/C18H25N3O5S/c1-27(24,25)16-4-2-3-14(11-16)18(23)21-8-6-20(7-9-21)17(22)12-15-13-26-10-5-19-15/h2-4,11,15,19H,5-10,12-13H2,1H3. The van der Waals surface area contributed by atoms with Crippen molar-refractivity contribution in [3.8, 4) is 0 Å². The Balaban J connectivity index is 1.55. The predicted octanol–water partition coefficient (Wildman–Crippen LogP) is -0.247. The molecule has 1 aromatic carbocycles. The number of hydrogen-bond acceptors (Lipinski definition) is 6. The first-order valence-electron chi connectivity index (χ1n) is 9.03. The third kappa shape index (κ3) is 5.06. The second kappa shape index (κ2) is 8.37. The third-order valence-electron chi connectivity index (χ3n) is 4.85. The van der Waals surface area contributed by atoms with Crippen molar-refractivity contribution in [3.63, 3.8) is 0 Å². The number of piperazine rings is 1. The molecular formula is C18H25N3O5S. The molecule has 0 bridgehead atoms. The Bertz CT molecular complexity index is 797. The minimum Gasteiger partial charge on any atom is -0.378 e. The number of nitrogens with zero attached hydrogens (tertiary/aromatic N) is 2. The van der Waals surface area contributed by atoms with E-state index in [0.29, 0.717) is 51.4 Å². The lowest BCUT2D eigenvalue weighted by atomic mass is 10.1. The summed E-state index contributed by atoms with van der Waals surface area (Å²) in [6.45, 7) is 3.79. The molecule has 2 heterocycles. The summed E-state index contributed by atoms with van der Waals surface area (Å²) in [5, 5.41) is 3.27. The molecule has 2 amide bonds. The number of nitrogens with one attached hydrogen (secondary N) is 1. The van der Waals surface area contributed by atoms with E-state index in [-0.39, 0.29) is 22.8 Å². The van der Waals surface area contributed by atoms with Gasteiger partial charge in [0.2, 0.25) is 5.91 Å². The lowest BCUT2D eigenvalue weighted by Gasteiger charge is -2.36. The van der Waals surface area contributed by atoms with Crippen molar-refractivity contribution < 1.29 is 22.7 Å². The Kier molecular flexibility index (Phi) is 6.13. The molecule has 0 saturated carbocycles. The maximum absolute atomic E-state index is 12.7. The number of morpholine rings is 1. The first kappa shape index (κ1) is 19.8. The molecule has 2 fully saturated rings. The van der Waals surface area contributed by atoms with E-state index in [1.165, 1.54) is 12.1 Å². The molecule has 148 valence electrons. The third-order valence-corrected chi connectivity index (χ3v) is 5.96. The molecule has 1 N–H and O–H groups in total. The van der Waals surface area contributed by atoms with Crippen LogP contribution in [0.3, 0.4) is 0 Å². The average Bonchev–Trinajstić information content (AvgIpc) is 2.68. The zero-order chi connectivity index (χ0) is 19.4. The van der Waals surface area contributed by atoms with Crippen LogP contribution in [0.5, 0.6) is 0 Å². The highest BCUT2D eigenvalue weighted by Gasteiger charge is 2.27. The van der Waals surface area contributed by atoms with Crippen LogP contribution in [0, 0.1) is 0 Å². The minimum atomic E-state index is -3.36. The molecule has 1 unspecified atom stereocenters. The number of hydrogen-bond donors (Lipinski definition) is 1. The summed E-state index contributed by atoms with van der Waals surface area (Å²) in [6.07, 6.45) is 1.51. The van der Waals surface area contributed by atoms with E-state index >= 15 is 0 Å². The van der Waals surface area contributed by atoms with Gasteiger partial charge in [0.15, 0.2) is 9.84 Å². The van der Waals surface area contributed by atoms with Gasteiger partial charge in [-0.2, -0.15) is 0 Å². The number of rotatable bonds is 4. The van der Waals surface area contributed by atoms with Gasteiger partial charge < -0.3 is 19.9 Å². The summed E-state index contributed by atoms with van der Waals surface area (Å²) in [7, 11) is -3.36. The largest absolute Gasteiger partial charge is 0.378 e. The zero-order valence-electron chi connectivity index (χ0n) is 15.4. The molecule has 2 aliphatic heterocycles. The molecule has 0 radical (unpaired) electrons. The van der Waals surface area contributed by atoms with Crippen LogP contribution < -0.4 is 5.32 Å². The predicted molar refractivity (Wildman–Crippen MR) is 99.3 cm³/mol. The Hall–Kier alpha value is -1.97. The highest BCUT2D eigenvalue weighted by Crippen LogP contribution is 2.15. The van der Waals surface area contributed by atoms with Gasteiger partial charge in [-0.25, -0.2) is 8.42 Å². The fourth-order valence-corrected chi connectivity index (χ4v) is 3.96. The van der Waals surface area contributed by atoms with Gasteiger partial charge in [0.1, 0.15) is 0 Å². The molecule has 27 heavy (non-hydrogen) atoms. The quantitative estimate of drug-likeness (QED) is 0.756. The van der Waals surface area contributed by atoms with Crippen LogP contribution in [0.4, 0.5) is 0 Å². The van der Waals surface area contributed by atoms with Crippen LogP contribution in [0.15, 0.2) is 29.2 Å². The summed E-state index contributed by atoms with van der Waals surface area (Å²) in [5.74, 6) is -0.154. The van der Waals surface area contributed by atoms with Gasteiger partial charge >= 0.3 is 0 Å². The molecule has 8 nitrogen and oxygen atoms in total. The van der Waals surface area contributed by atoms with Gasteiger partial charge in [-0.05, 0) is 18.2 Å². The van der Waals surface area contributed by atoms with Gasteiger partial charge in [-0.15, -0.1) is 0 Å².